The first-order valence-corrected chi connectivity index (χ1v) is 7.23. The van der Waals surface area contributed by atoms with Crippen LogP contribution >= 0.6 is 0 Å². The highest BCUT2D eigenvalue weighted by atomic mass is 16.1. The molecule has 2 heterocycles. The number of nitriles is 1. The topological polar surface area (TPSA) is 74.0 Å². The minimum Gasteiger partial charge on any atom is -0.369 e. The lowest BCUT2D eigenvalue weighted by molar-refractivity contribution is -0.114. The Hall–Kier alpha value is -2.81. The molecule has 1 aliphatic heterocycles. The fraction of sp³-hybridized carbons (Fsp3) is 0.312. The Morgan fingerprint density at radius 3 is 2.82 bits per heavy atom. The number of nitrogens with one attached hydrogen (secondary N) is 1. The van der Waals surface area contributed by atoms with Crippen LogP contribution in [0.25, 0.3) is 0 Å². The van der Waals surface area contributed by atoms with E-state index >= 15 is 0 Å². The van der Waals surface area contributed by atoms with Gasteiger partial charge in [0.2, 0.25) is 5.91 Å². The normalized spacial score (nSPS) is 17.3. The third-order valence-electron chi connectivity index (χ3n) is 3.81. The van der Waals surface area contributed by atoms with Crippen molar-refractivity contribution in [3.63, 3.8) is 0 Å². The first kappa shape index (κ1) is 14.1. The van der Waals surface area contributed by atoms with Crippen molar-refractivity contribution in [1.29, 1.82) is 5.26 Å². The van der Waals surface area contributed by atoms with Crippen LogP contribution in [0.15, 0.2) is 36.5 Å². The number of aromatic nitrogens is 2. The van der Waals surface area contributed by atoms with Gasteiger partial charge in [-0.05, 0) is 30.7 Å². The minimum absolute atomic E-state index is 0.115. The van der Waals surface area contributed by atoms with E-state index < -0.39 is 0 Å². The highest BCUT2D eigenvalue weighted by molar-refractivity contribution is 5.87. The summed E-state index contributed by atoms with van der Waals surface area (Å²) in [5.74, 6) is 0.472. The molecule has 1 aliphatic rings. The Balaban J connectivity index is 1.67. The zero-order valence-corrected chi connectivity index (χ0v) is 12.4. The Kier molecular flexibility index (Phi) is 3.79. The molecule has 3 rings (SSSR count). The fourth-order valence-corrected chi connectivity index (χ4v) is 2.73. The van der Waals surface area contributed by atoms with Gasteiger partial charge in [-0.25, -0.2) is 0 Å². The molecule has 1 fully saturated rings. The Morgan fingerprint density at radius 2 is 2.14 bits per heavy atom. The molecule has 0 bridgehead atoms. The number of carbonyl (C=O) groups excluding carboxylic acids is 1. The SMILES string of the molecule is CC(=O)Nc1ccn([C@H]2CCN(c3ccc(C#N)cc3)C2)n1. The maximum Gasteiger partial charge on any atom is 0.222 e. The van der Waals surface area contributed by atoms with E-state index in [4.69, 9.17) is 5.26 Å². The first-order chi connectivity index (χ1) is 10.7. The van der Waals surface area contributed by atoms with Gasteiger partial charge in [-0.2, -0.15) is 10.4 Å². The Morgan fingerprint density at radius 1 is 1.36 bits per heavy atom. The van der Waals surface area contributed by atoms with Gasteiger partial charge >= 0.3 is 0 Å². The van der Waals surface area contributed by atoms with Crippen LogP contribution < -0.4 is 10.2 Å². The van der Waals surface area contributed by atoms with Crippen molar-refractivity contribution in [2.75, 3.05) is 23.3 Å². The van der Waals surface area contributed by atoms with Crippen molar-refractivity contribution in [3.8, 4) is 6.07 Å². The van der Waals surface area contributed by atoms with Gasteiger partial charge in [0, 0.05) is 38.0 Å². The largest absolute Gasteiger partial charge is 0.369 e. The Bertz CT molecular complexity index is 713. The van der Waals surface area contributed by atoms with Gasteiger partial charge in [0.15, 0.2) is 5.82 Å². The average Bonchev–Trinajstić information content (AvgIpc) is 3.15. The van der Waals surface area contributed by atoms with Crippen LogP contribution in [0.5, 0.6) is 0 Å². The predicted molar refractivity (Wildman–Crippen MR) is 83.6 cm³/mol. The van der Waals surface area contributed by atoms with E-state index in [9.17, 15) is 4.79 Å². The van der Waals surface area contributed by atoms with Crippen molar-refractivity contribution in [2.24, 2.45) is 0 Å². The van der Waals surface area contributed by atoms with Gasteiger partial charge in [-0.15, -0.1) is 0 Å². The maximum absolute atomic E-state index is 11.0. The fourth-order valence-electron chi connectivity index (χ4n) is 2.73. The average molecular weight is 295 g/mol. The monoisotopic (exact) mass is 295 g/mol. The third kappa shape index (κ3) is 2.93. The molecule has 0 radical (unpaired) electrons. The van der Waals surface area contributed by atoms with E-state index in [1.807, 2.05) is 41.2 Å². The molecule has 112 valence electrons. The molecule has 1 atom stereocenters. The molecule has 0 unspecified atom stereocenters. The van der Waals surface area contributed by atoms with Crippen LogP contribution in [0.2, 0.25) is 0 Å². The molecule has 6 heteroatoms. The standard InChI is InChI=1S/C16H17N5O/c1-12(22)18-16-7-9-21(19-16)15-6-8-20(11-15)14-4-2-13(10-17)3-5-14/h2-5,7,9,15H,6,8,11H2,1H3,(H,18,19,22)/t15-/m0/s1. The molecule has 1 aromatic heterocycles. The zero-order valence-electron chi connectivity index (χ0n) is 12.4. The number of hydrogen-bond donors (Lipinski definition) is 1. The molecule has 1 N–H and O–H groups in total. The van der Waals surface area contributed by atoms with Gasteiger partial charge in [0.1, 0.15) is 0 Å². The van der Waals surface area contributed by atoms with Gasteiger partial charge in [-0.1, -0.05) is 0 Å². The molecule has 2 aromatic rings. The van der Waals surface area contributed by atoms with E-state index in [2.05, 4.69) is 21.4 Å². The van der Waals surface area contributed by atoms with Crippen LogP contribution in [0.4, 0.5) is 11.5 Å². The summed E-state index contributed by atoms with van der Waals surface area (Å²) in [4.78, 5) is 13.3. The second-order valence-corrected chi connectivity index (χ2v) is 5.41. The van der Waals surface area contributed by atoms with Crippen LogP contribution in [-0.2, 0) is 4.79 Å². The van der Waals surface area contributed by atoms with E-state index in [1.54, 1.807) is 0 Å². The molecule has 0 aliphatic carbocycles. The van der Waals surface area contributed by atoms with Gasteiger partial charge in [-0.3, -0.25) is 9.48 Å². The highest BCUT2D eigenvalue weighted by Crippen LogP contribution is 2.27. The molecule has 0 spiro atoms. The zero-order chi connectivity index (χ0) is 15.5. The van der Waals surface area contributed by atoms with Crippen molar-refractivity contribution < 1.29 is 4.79 Å². The third-order valence-corrected chi connectivity index (χ3v) is 3.81. The van der Waals surface area contributed by atoms with Gasteiger partial charge in [0.05, 0.1) is 17.7 Å². The molecule has 1 amide bonds. The molecule has 6 nitrogen and oxygen atoms in total. The lowest BCUT2D eigenvalue weighted by Gasteiger charge is -2.18. The predicted octanol–water partition coefficient (Wildman–Crippen LogP) is 2.16. The van der Waals surface area contributed by atoms with Crippen LogP contribution in [0.3, 0.4) is 0 Å². The van der Waals surface area contributed by atoms with Crippen LogP contribution in [0, 0.1) is 11.3 Å². The maximum atomic E-state index is 11.0. The summed E-state index contributed by atoms with van der Waals surface area (Å²) in [6, 6.07) is 11.9. The van der Waals surface area contributed by atoms with Crippen LogP contribution in [-0.4, -0.2) is 28.8 Å². The minimum atomic E-state index is -0.115. The summed E-state index contributed by atoms with van der Waals surface area (Å²) in [7, 11) is 0. The lowest BCUT2D eigenvalue weighted by atomic mass is 10.2. The first-order valence-electron chi connectivity index (χ1n) is 7.23. The van der Waals surface area contributed by atoms with E-state index in [0.717, 1.165) is 25.2 Å². The molecule has 1 aromatic carbocycles. The molecular formula is C16H17N5O. The molecule has 22 heavy (non-hydrogen) atoms. The summed E-state index contributed by atoms with van der Waals surface area (Å²) >= 11 is 0. The molecule has 0 saturated carbocycles. The second kappa shape index (κ2) is 5.90. The summed E-state index contributed by atoms with van der Waals surface area (Å²) in [5, 5.41) is 15.9. The summed E-state index contributed by atoms with van der Waals surface area (Å²) < 4.78 is 1.91. The number of benzene rings is 1. The van der Waals surface area contributed by atoms with Crippen molar-refractivity contribution in [2.45, 2.75) is 19.4 Å². The van der Waals surface area contributed by atoms with Gasteiger partial charge < -0.3 is 10.2 Å². The second-order valence-electron chi connectivity index (χ2n) is 5.41. The van der Waals surface area contributed by atoms with Gasteiger partial charge in [0.25, 0.3) is 0 Å². The number of rotatable bonds is 3. The number of anilines is 2. The van der Waals surface area contributed by atoms with Crippen molar-refractivity contribution >= 4 is 17.4 Å². The van der Waals surface area contributed by atoms with E-state index in [1.165, 1.54) is 6.92 Å². The van der Waals surface area contributed by atoms with E-state index in [0.29, 0.717) is 11.4 Å². The number of carbonyl (C=O) groups is 1. The number of nitrogens with zero attached hydrogens (tertiary/aromatic N) is 4. The summed E-state index contributed by atoms with van der Waals surface area (Å²) in [5.41, 5.74) is 1.79. The van der Waals surface area contributed by atoms with Crippen molar-refractivity contribution in [1.82, 2.24) is 9.78 Å². The van der Waals surface area contributed by atoms with Crippen molar-refractivity contribution in [3.05, 3.63) is 42.1 Å². The lowest BCUT2D eigenvalue weighted by Crippen LogP contribution is -2.21. The molecule has 1 saturated heterocycles. The quantitative estimate of drug-likeness (QED) is 0.941. The van der Waals surface area contributed by atoms with E-state index in [-0.39, 0.29) is 11.9 Å². The Labute approximate surface area is 129 Å². The summed E-state index contributed by atoms with van der Waals surface area (Å²) in [6.07, 6.45) is 2.90. The van der Waals surface area contributed by atoms with Crippen LogP contribution in [0.1, 0.15) is 24.9 Å². The highest BCUT2D eigenvalue weighted by Gasteiger charge is 2.24. The molecular weight excluding hydrogens is 278 g/mol. The summed E-state index contributed by atoms with van der Waals surface area (Å²) in [6.45, 7) is 3.29. The number of hydrogen-bond acceptors (Lipinski definition) is 4. The smallest absolute Gasteiger partial charge is 0.222 e. The number of amides is 1.